The first-order valence-electron chi connectivity index (χ1n) is 6.42. The number of para-hydroxylation sites is 1. The van der Waals surface area contributed by atoms with Gasteiger partial charge in [-0.3, -0.25) is 0 Å². The van der Waals surface area contributed by atoms with Gasteiger partial charge < -0.3 is 10.5 Å². The number of benzene rings is 2. The Labute approximate surface area is 113 Å². The average Bonchev–Trinajstić information content (AvgIpc) is 2.45. The Kier molecular flexibility index (Phi) is 4.53. The van der Waals surface area contributed by atoms with Gasteiger partial charge >= 0.3 is 0 Å². The van der Waals surface area contributed by atoms with Crippen molar-refractivity contribution in [2.24, 2.45) is 5.73 Å². The Morgan fingerprint density at radius 2 is 1.84 bits per heavy atom. The molecule has 0 bridgehead atoms. The second-order valence-electron chi connectivity index (χ2n) is 4.37. The molecule has 0 spiro atoms. The molecule has 0 saturated heterocycles. The van der Waals surface area contributed by atoms with Crippen LogP contribution in [0.5, 0.6) is 5.75 Å². The Morgan fingerprint density at radius 3 is 2.58 bits per heavy atom. The van der Waals surface area contributed by atoms with Gasteiger partial charge in [0.15, 0.2) is 0 Å². The quantitative estimate of drug-likeness (QED) is 0.893. The van der Waals surface area contributed by atoms with Crippen LogP contribution in [0, 0.1) is 5.82 Å². The molecular weight excluding hydrogens is 241 g/mol. The summed E-state index contributed by atoms with van der Waals surface area (Å²) in [4.78, 5) is 0. The predicted molar refractivity (Wildman–Crippen MR) is 74.4 cm³/mol. The Morgan fingerprint density at radius 1 is 1.05 bits per heavy atom. The molecule has 19 heavy (non-hydrogen) atoms. The lowest BCUT2D eigenvalue weighted by atomic mass is 10.1. The number of rotatable bonds is 5. The lowest BCUT2D eigenvalue weighted by Crippen LogP contribution is -2.06. The van der Waals surface area contributed by atoms with E-state index in [-0.39, 0.29) is 5.82 Å². The summed E-state index contributed by atoms with van der Waals surface area (Å²) in [6, 6.07) is 12.5. The lowest BCUT2D eigenvalue weighted by Gasteiger charge is -2.12. The van der Waals surface area contributed by atoms with E-state index in [0.717, 1.165) is 28.9 Å². The highest BCUT2D eigenvalue weighted by Crippen LogP contribution is 2.21. The molecule has 2 rings (SSSR count). The van der Waals surface area contributed by atoms with E-state index in [1.54, 1.807) is 6.07 Å². The maximum atomic E-state index is 13.3. The summed E-state index contributed by atoms with van der Waals surface area (Å²) in [5.74, 6) is 0.580. The molecule has 0 radical (unpaired) electrons. The fourth-order valence-corrected chi connectivity index (χ4v) is 2.02. The highest BCUT2D eigenvalue weighted by atomic mass is 19.1. The molecule has 2 nitrogen and oxygen atoms in total. The van der Waals surface area contributed by atoms with Crippen LogP contribution >= 0.6 is 0 Å². The van der Waals surface area contributed by atoms with Gasteiger partial charge in [0.1, 0.15) is 18.2 Å². The van der Waals surface area contributed by atoms with E-state index < -0.39 is 0 Å². The van der Waals surface area contributed by atoms with Crippen LogP contribution in [0.1, 0.15) is 23.6 Å². The van der Waals surface area contributed by atoms with Crippen LogP contribution in [0.3, 0.4) is 0 Å². The van der Waals surface area contributed by atoms with Crippen molar-refractivity contribution in [2.75, 3.05) is 0 Å². The van der Waals surface area contributed by atoms with Gasteiger partial charge in [-0.25, -0.2) is 4.39 Å². The monoisotopic (exact) mass is 259 g/mol. The third-order valence-corrected chi connectivity index (χ3v) is 3.12. The van der Waals surface area contributed by atoms with Crippen LogP contribution < -0.4 is 10.5 Å². The van der Waals surface area contributed by atoms with Gasteiger partial charge in [-0.05, 0) is 41.3 Å². The molecule has 2 N–H and O–H groups in total. The normalized spacial score (nSPS) is 10.5. The van der Waals surface area contributed by atoms with Crippen molar-refractivity contribution in [3.8, 4) is 5.75 Å². The maximum Gasteiger partial charge on any atom is 0.123 e. The van der Waals surface area contributed by atoms with E-state index >= 15 is 0 Å². The number of ether oxygens (including phenoxy) is 1. The van der Waals surface area contributed by atoms with Crippen molar-refractivity contribution in [3.05, 3.63) is 65.0 Å². The third kappa shape index (κ3) is 3.32. The Bertz CT molecular complexity index is 554. The molecule has 0 fully saturated rings. The van der Waals surface area contributed by atoms with Crippen LogP contribution in [-0.4, -0.2) is 0 Å². The van der Waals surface area contributed by atoms with Crippen LogP contribution in [-0.2, 0) is 19.6 Å². The first-order chi connectivity index (χ1) is 9.24. The molecule has 3 heteroatoms. The van der Waals surface area contributed by atoms with E-state index in [9.17, 15) is 4.39 Å². The van der Waals surface area contributed by atoms with E-state index in [4.69, 9.17) is 10.5 Å². The Balaban J connectivity index is 2.16. The maximum absolute atomic E-state index is 13.3. The Hall–Kier alpha value is -1.87. The van der Waals surface area contributed by atoms with Crippen molar-refractivity contribution < 1.29 is 9.13 Å². The van der Waals surface area contributed by atoms with Crippen LogP contribution in [0.25, 0.3) is 0 Å². The van der Waals surface area contributed by atoms with E-state index in [1.165, 1.54) is 12.1 Å². The third-order valence-electron chi connectivity index (χ3n) is 3.12. The standard InChI is InChI=1S/C16H18FNO/c1-2-12-5-3-4-6-16(12)19-11-14-9-15(17)8-7-13(14)10-18/h3-9H,2,10-11,18H2,1H3. The van der Waals surface area contributed by atoms with Gasteiger partial charge in [-0.1, -0.05) is 31.2 Å². The van der Waals surface area contributed by atoms with Gasteiger partial charge in [-0.15, -0.1) is 0 Å². The zero-order chi connectivity index (χ0) is 13.7. The summed E-state index contributed by atoms with van der Waals surface area (Å²) >= 11 is 0. The number of hydrogen-bond acceptors (Lipinski definition) is 2. The summed E-state index contributed by atoms with van der Waals surface area (Å²) in [7, 11) is 0. The molecule has 0 atom stereocenters. The van der Waals surface area contributed by atoms with Crippen LogP contribution in [0.4, 0.5) is 4.39 Å². The minimum absolute atomic E-state index is 0.264. The summed E-state index contributed by atoms with van der Waals surface area (Å²) < 4.78 is 19.0. The molecule has 0 aliphatic heterocycles. The number of nitrogens with two attached hydrogens (primary N) is 1. The number of halogens is 1. The SMILES string of the molecule is CCc1ccccc1OCc1cc(F)ccc1CN. The second-order valence-corrected chi connectivity index (χ2v) is 4.37. The zero-order valence-corrected chi connectivity index (χ0v) is 11.0. The summed E-state index contributed by atoms with van der Waals surface area (Å²) in [5.41, 5.74) is 8.51. The van der Waals surface area contributed by atoms with E-state index in [1.807, 2.05) is 24.3 Å². The first-order valence-corrected chi connectivity index (χ1v) is 6.42. The molecule has 0 saturated carbocycles. The van der Waals surface area contributed by atoms with E-state index in [2.05, 4.69) is 6.92 Å². The summed E-state index contributed by atoms with van der Waals surface area (Å²) in [6.45, 7) is 2.80. The van der Waals surface area contributed by atoms with Crippen molar-refractivity contribution >= 4 is 0 Å². The van der Waals surface area contributed by atoms with E-state index in [0.29, 0.717) is 13.2 Å². The smallest absolute Gasteiger partial charge is 0.123 e. The van der Waals surface area contributed by atoms with Gasteiger partial charge in [0.05, 0.1) is 0 Å². The second kappa shape index (κ2) is 6.34. The highest BCUT2D eigenvalue weighted by molar-refractivity contribution is 5.34. The average molecular weight is 259 g/mol. The molecule has 0 unspecified atom stereocenters. The largest absolute Gasteiger partial charge is 0.489 e. The zero-order valence-electron chi connectivity index (χ0n) is 11.0. The number of hydrogen-bond donors (Lipinski definition) is 1. The minimum atomic E-state index is -0.264. The highest BCUT2D eigenvalue weighted by Gasteiger charge is 2.06. The van der Waals surface area contributed by atoms with Crippen LogP contribution in [0.2, 0.25) is 0 Å². The summed E-state index contributed by atoms with van der Waals surface area (Å²) in [6.07, 6.45) is 0.906. The lowest BCUT2D eigenvalue weighted by molar-refractivity contribution is 0.301. The molecule has 0 amide bonds. The topological polar surface area (TPSA) is 35.2 Å². The van der Waals surface area contributed by atoms with Gasteiger partial charge in [0.25, 0.3) is 0 Å². The van der Waals surface area contributed by atoms with Crippen LogP contribution in [0.15, 0.2) is 42.5 Å². The van der Waals surface area contributed by atoms with Crippen molar-refractivity contribution in [3.63, 3.8) is 0 Å². The molecule has 2 aromatic rings. The first kappa shape index (κ1) is 13.6. The number of aryl methyl sites for hydroxylation is 1. The summed E-state index contributed by atoms with van der Waals surface area (Å²) in [5, 5.41) is 0. The molecule has 0 heterocycles. The molecular formula is C16H18FNO. The minimum Gasteiger partial charge on any atom is -0.489 e. The van der Waals surface area contributed by atoms with Crippen molar-refractivity contribution in [2.45, 2.75) is 26.5 Å². The molecule has 100 valence electrons. The van der Waals surface area contributed by atoms with Gasteiger partial charge in [0, 0.05) is 6.54 Å². The predicted octanol–water partition coefficient (Wildman–Crippen LogP) is 3.43. The molecule has 0 aliphatic carbocycles. The molecule has 0 aliphatic rings. The van der Waals surface area contributed by atoms with Crippen molar-refractivity contribution in [1.82, 2.24) is 0 Å². The molecule has 2 aromatic carbocycles. The van der Waals surface area contributed by atoms with Gasteiger partial charge in [0.2, 0.25) is 0 Å². The molecule has 0 aromatic heterocycles. The van der Waals surface area contributed by atoms with Gasteiger partial charge in [-0.2, -0.15) is 0 Å². The fraction of sp³-hybridized carbons (Fsp3) is 0.250. The van der Waals surface area contributed by atoms with Crippen molar-refractivity contribution in [1.29, 1.82) is 0 Å². The fourth-order valence-electron chi connectivity index (χ4n) is 2.02.